The third-order valence-electron chi connectivity index (χ3n) is 7.11. The SMILES string of the molecule is COc1ccc(S(=O)(=O)N(CC(=O)N(Cc2cccc(C)c2)[C@@H](Cc2ccccc2)C(=O)NC(C)C)c2ccccc2)cc1. The van der Waals surface area contributed by atoms with Gasteiger partial charge in [0.05, 0.1) is 17.7 Å². The van der Waals surface area contributed by atoms with E-state index in [4.69, 9.17) is 4.74 Å². The Morgan fingerprint density at radius 1 is 0.818 bits per heavy atom. The summed E-state index contributed by atoms with van der Waals surface area (Å²) in [4.78, 5) is 29.7. The summed E-state index contributed by atoms with van der Waals surface area (Å²) in [5.41, 5.74) is 3.05. The second-order valence-electron chi connectivity index (χ2n) is 10.9. The van der Waals surface area contributed by atoms with E-state index in [0.717, 1.165) is 21.0 Å². The summed E-state index contributed by atoms with van der Waals surface area (Å²) in [5, 5.41) is 2.97. The molecule has 0 bridgehead atoms. The van der Waals surface area contributed by atoms with Crippen molar-refractivity contribution < 1.29 is 22.7 Å². The number of aryl methyl sites for hydroxylation is 1. The van der Waals surface area contributed by atoms with Gasteiger partial charge in [-0.05, 0) is 68.3 Å². The van der Waals surface area contributed by atoms with E-state index in [2.05, 4.69) is 5.32 Å². The van der Waals surface area contributed by atoms with Crippen LogP contribution in [-0.2, 0) is 32.6 Å². The Hall–Kier alpha value is -4.63. The van der Waals surface area contributed by atoms with Gasteiger partial charge < -0.3 is 15.0 Å². The molecule has 0 aliphatic carbocycles. The van der Waals surface area contributed by atoms with E-state index in [1.54, 1.807) is 42.5 Å². The summed E-state index contributed by atoms with van der Waals surface area (Å²) >= 11 is 0. The highest BCUT2D eigenvalue weighted by Crippen LogP contribution is 2.26. The number of carbonyl (C=O) groups excluding carboxylic acids is 2. The van der Waals surface area contributed by atoms with E-state index in [1.807, 2.05) is 75.4 Å². The molecule has 4 aromatic rings. The van der Waals surface area contributed by atoms with Gasteiger partial charge in [0.25, 0.3) is 10.0 Å². The van der Waals surface area contributed by atoms with Crippen LogP contribution in [0.1, 0.15) is 30.5 Å². The number of carbonyl (C=O) groups is 2. The van der Waals surface area contributed by atoms with Gasteiger partial charge in [0.1, 0.15) is 18.3 Å². The number of anilines is 1. The van der Waals surface area contributed by atoms with Crippen molar-refractivity contribution in [1.82, 2.24) is 10.2 Å². The molecular weight excluding hydrogens is 574 g/mol. The molecule has 230 valence electrons. The zero-order chi connectivity index (χ0) is 31.7. The molecule has 4 rings (SSSR count). The summed E-state index contributed by atoms with van der Waals surface area (Å²) in [7, 11) is -2.68. The zero-order valence-corrected chi connectivity index (χ0v) is 26.3. The number of rotatable bonds is 13. The number of nitrogens with zero attached hydrogens (tertiary/aromatic N) is 2. The lowest BCUT2D eigenvalue weighted by molar-refractivity contribution is -0.140. The van der Waals surface area contributed by atoms with Crippen molar-refractivity contribution in [2.24, 2.45) is 0 Å². The third kappa shape index (κ3) is 8.26. The summed E-state index contributed by atoms with van der Waals surface area (Å²) in [6.45, 7) is 5.30. The van der Waals surface area contributed by atoms with Crippen LogP contribution < -0.4 is 14.4 Å². The topological polar surface area (TPSA) is 96.0 Å². The number of para-hydroxylation sites is 1. The Morgan fingerprint density at radius 3 is 2.02 bits per heavy atom. The standard InChI is InChI=1S/C35H39N3O5S/c1-26(2)36-35(40)33(23-28-13-7-5-8-14-28)37(24-29-15-11-12-27(3)22-29)34(39)25-38(30-16-9-6-10-17-30)44(41,42)32-20-18-31(43-4)19-21-32/h5-22,26,33H,23-25H2,1-4H3,(H,36,40)/t33-/m0/s1. The van der Waals surface area contributed by atoms with E-state index in [1.165, 1.54) is 24.1 Å². The lowest BCUT2D eigenvalue weighted by Crippen LogP contribution is -2.54. The Labute approximate surface area is 260 Å². The number of amides is 2. The molecule has 1 atom stereocenters. The molecule has 0 fully saturated rings. The normalized spacial score (nSPS) is 11.9. The van der Waals surface area contributed by atoms with Crippen molar-refractivity contribution in [2.45, 2.75) is 50.7 Å². The molecule has 9 heteroatoms. The molecule has 0 aliphatic heterocycles. The molecular formula is C35H39N3O5S. The number of sulfonamides is 1. The number of benzene rings is 4. The summed E-state index contributed by atoms with van der Waals surface area (Å²) in [6, 6.07) is 30.7. The van der Waals surface area contributed by atoms with Gasteiger partial charge in [0, 0.05) is 19.0 Å². The average molecular weight is 614 g/mol. The van der Waals surface area contributed by atoms with Crippen molar-refractivity contribution in [3.8, 4) is 5.75 Å². The van der Waals surface area contributed by atoms with Crippen LogP contribution in [-0.4, -0.2) is 50.9 Å². The molecule has 0 unspecified atom stereocenters. The van der Waals surface area contributed by atoms with E-state index in [-0.39, 0.29) is 29.8 Å². The summed E-state index contributed by atoms with van der Waals surface area (Å²) in [6.07, 6.45) is 0.257. The smallest absolute Gasteiger partial charge is 0.264 e. The molecule has 0 aliphatic rings. The molecule has 0 saturated heterocycles. The summed E-state index contributed by atoms with van der Waals surface area (Å²) < 4.78 is 34.4. The van der Waals surface area contributed by atoms with Crippen LogP contribution >= 0.6 is 0 Å². The largest absolute Gasteiger partial charge is 0.497 e. The molecule has 1 N–H and O–H groups in total. The Kier molecular flexibility index (Phi) is 10.8. The van der Waals surface area contributed by atoms with Gasteiger partial charge in [-0.3, -0.25) is 13.9 Å². The van der Waals surface area contributed by atoms with Crippen molar-refractivity contribution >= 4 is 27.5 Å². The van der Waals surface area contributed by atoms with Gasteiger partial charge in [-0.15, -0.1) is 0 Å². The molecule has 0 radical (unpaired) electrons. The van der Waals surface area contributed by atoms with Crippen LogP contribution in [0.3, 0.4) is 0 Å². The second kappa shape index (κ2) is 14.7. The molecule has 0 aromatic heterocycles. The van der Waals surface area contributed by atoms with Gasteiger partial charge >= 0.3 is 0 Å². The van der Waals surface area contributed by atoms with Crippen molar-refractivity contribution in [3.63, 3.8) is 0 Å². The van der Waals surface area contributed by atoms with Crippen LogP contribution in [0.2, 0.25) is 0 Å². The fraction of sp³-hybridized carbons (Fsp3) is 0.257. The maximum absolute atomic E-state index is 14.4. The highest BCUT2D eigenvalue weighted by Gasteiger charge is 2.34. The van der Waals surface area contributed by atoms with E-state index >= 15 is 0 Å². The highest BCUT2D eigenvalue weighted by atomic mass is 32.2. The monoisotopic (exact) mass is 613 g/mol. The van der Waals surface area contributed by atoms with Gasteiger partial charge in [0.2, 0.25) is 11.8 Å². The van der Waals surface area contributed by atoms with Crippen LogP contribution in [0.15, 0.2) is 114 Å². The van der Waals surface area contributed by atoms with E-state index in [0.29, 0.717) is 11.4 Å². The number of methoxy groups -OCH3 is 1. The first kappa shape index (κ1) is 32.3. The lowest BCUT2D eigenvalue weighted by atomic mass is 10.0. The number of ether oxygens (including phenoxy) is 1. The molecule has 0 heterocycles. The fourth-order valence-corrected chi connectivity index (χ4v) is 6.35. The minimum atomic E-state index is -4.18. The molecule has 2 amide bonds. The van der Waals surface area contributed by atoms with Crippen molar-refractivity contribution in [2.75, 3.05) is 18.0 Å². The second-order valence-corrected chi connectivity index (χ2v) is 12.8. The molecule has 8 nitrogen and oxygen atoms in total. The number of hydrogen-bond acceptors (Lipinski definition) is 5. The van der Waals surface area contributed by atoms with Crippen LogP contribution in [0.25, 0.3) is 0 Å². The maximum atomic E-state index is 14.4. The Morgan fingerprint density at radius 2 is 1.43 bits per heavy atom. The Bertz CT molecular complexity index is 1640. The van der Waals surface area contributed by atoms with Gasteiger partial charge in [0.15, 0.2) is 0 Å². The van der Waals surface area contributed by atoms with Crippen LogP contribution in [0.5, 0.6) is 5.75 Å². The first-order chi connectivity index (χ1) is 21.1. The van der Waals surface area contributed by atoms with Crippen molar-refractivity contribution in [3.05, 3.63) is 126 Å². The first-order valence-corrected chi connectivity index (χ1v) is 15.9. The highest BCUT2D eigenvalue weighted by molar-refractivity contribution is 7.92. The van der Waals surface area contributed by atoms with Gasteiger partial charge in [-0.25, -0.2) is 8.42 Å². The predicted molar refractivity (Wildman–Crippen MR) is 173 cm³/mol. The zero-order valence-electron chi connectivity index (χ0n) is 25.5. The molecule has 44 heavy (non-hydrogen) atoms. The fourth-order valence-electron chi connectivity index (χ4n) is 4.94. The van der Waals surface area contributed by atoms with Crippen LogP contribution in [0.4, 0.5) is 5.69 Å². The summed E-state index contributed by atoms with van der Waals surface area (Å²) in [5.74, 6) is -0.308. The molecule has 0 saturated carbocycles. The average Bonchev–Trinajstić information content (AvgIpc) is 3.02. The molecule has 0 spiro atoms. The van der Waals surface area contributed by atoms with Gasteiger partial charge in [-0.2, -0.15) is 0 Å². The maximum Gasteiger partial charge on any atom is 0.264 e. The molecule has 4 aromatic carbocycles. The third-order valence-corrected chi connectivity index (χ3v) is 8.90. The van der Waals surface area contributed by atoms with E-state index in [9.17, 15) is 18.0 Å². The minimum Gasteiger partial charge on any atom is -0.497 e. The first-order valence-electron chi connectivity index (χ1n) is 14.5. The van der Waals surface area contributed by atoms with Gasteiger partial charge in [-0.1, -0.05) is 78.4 Å². The van der Waals surface area contributed by atoms with Crippen molar-refractivity contribution in [1.29, 1.82) is 0 Å². The number of nitrogens with one attached hydrogen (secondary N) is 1. The minimum absolute atomic E-state index is 0.0126. The quantitative estimate of drug-likeness (QED) is 0.219. The Balaban J connectivity index is 1.78. The lowest BCUT2D eigenvalue weighted by Gasteiger charge is -2.34. The number of hydrogen-bond donors (Lipinski definition) is 1. The predicted octanol–water partition coefficient (Wildman–Crippen LogP) is 5.36. The van der Waals surface area contributed by atoms with E-state index < -0.39 is 28.5 Å². The van der Waals surface area contributed by atoms with Crippen LogP contribution in [0, 0.1) is 6.92 Å².